The van der Waals surface area contributed by atoms with E-state index in [2.05, 4.69) is 28.6 Å². The van der Waals surface area contributed by atoms with E-state index in [1.165, 1.54) is 16.8 Å². The second kappa shape index (κ2) is 4.94. The molecule has 2 heterocycles. The van der Waals surface area contributed by atoms with Crippen LogP contribution in [0.15, 0.2) is 30.1 Å². The average Bonchev–Trinajstić information content (AvgIpc) is 2.29. The van der Waals surface area contributed by atoms with Gasteiger partial charge in [0, 0.05) is 31.2 Å². The van der Waals surface area contributed by atoms with Crippen molar-refractivity contribution in [2.75, 3.05) is 25.0 Å². The van der Waals surface area contributed by atoms with Gasteiger partial charge in [-0.3, -0.25) is 4.98 Å². The first-order valence-electron chi connectivity index (χ1n) is 5.39. The van der Waals surface area contributed by atoms with Gasteiger partial charge in [-0.2, -0.15) is 0 Å². The van der Waals surface area contributed by atoms with Gasteiger partial charge in [-0.25, -0.2) is 0 Å². The summed E-state index contributed by atoms with van der Waals surface area (Å²) in [5.74, 6) is 0. The van der Waals surface area contributed by atoms with Crippen LogP contribution >= 0.6 is 0 Å². The fourth-order valence-corrected chi connectivity index (χ4v) is 1.71. The Morgan fingerprint density at radius 1 is 1.53 bits per heavy atom. The highest BCUT2D eigenvalue weighted by Crippen LogP contribution is 2.13. The van der Waals surface area contributed by atoms with Gasteiger partial charge in [-0.15, -0.1) is 0 Å². The van der Waals surface area contributed by atoms with Gasteiger partial charge in [0.05, 0.1) is 0 Å². The first kappa shape index (κ1) is 10.2. The number of hydrogen-bond acceptors (Lipinski definition) is 3. The van der Waals surface area contributed by atoms with Crippen LogP contribution in [0, 0.1) is 6.92 Å². The maximum absolute atomic E-state index is 4.08. The summed E-state index contributed by atoms with van der Waals surface area (Å²) in [6, 6.07) is 2.02. The van der Waals surface area contributed by atoms with Crippen molar-refractivity contribution < 1.29 is 0 Å². The predicted molar refractivity (Wildman–Crippen MR) is 63.0 cm³/mol. The Morgan fingerprint density at radius 2 is 2.47 bits per heavy atom. The number of nitrogens with zero attached hydrogens (tertiary/aromatic N) is 1. The number of hydrogen-bond donors (Lipinski definition) is 2. The van der Waals surface area contributed by atoms with Crippen molar-refractivity contribution in [1.82, 2.24) is 10.3 Å². The summed E-state index contributed by atoms with van der Waals surface area (Å²) in [7, 11) is 0. The molecular weight excluding hydrogens is 186 g/mol. The van der Waals surface area contributed by atoms with Gasteiger partial charge in [0.25, 0.3) is 0 Å². The summed E-state index contributed by atoms with van der Waals surface area (Å²) in [5.41, 5.74) is 3.88. The molecule has 1 aromatic rings. The molecule has 0 atom stereocenters. The Hall–Kier alpha value is -1.35. The van der Waals surface area contributed by atoms with Crippen molar-refractivity contribution in [1.29, 1.82) is 0 Å². The third-order valence-electron chi connectivity index (χ3n) is 2.68. The molecule has 1 aromatic heterocycles. The monoisotopic (exact) mass is 203 g/mol. The van der Waals surface area contributed by atoms with Crippen LogP contribution < -0.4 is 10.6 Å². The molecule has 3 heteroatoms. The number of anilines is 1. The molecule has 0 unspecified atom stereocenters. The first-order valence-corrected chi connectivity index (χ1v) is 5.39. The largest absolute Gasteiger partial charge is 0.381 e. The Morgan fingerprint density at radius 3 is 3.20 bits per heavy atom. The van der Waals surface area contributed by atoms with Gasteiger partial charge in [-0.05, 0) is 31.5 Å². The summed E-state index contributed by atoms with van der Waals surface area (Å²) >= 11 is 0. The van der Waals surface area contributed by atoms with Crippen LogP contribution in [0.4, 0.5) is 5.69 Å². The third-order valence-corrected chi connectivity index (χ3v) is 2.68. The minimum Gasteiger partial charge on any atom is -0.381 e. The number of aryl methyl sites for hydroxylation is 1. The van der Waals surface area contributed by atoms with E-state index in [0.717, 1.165) is 26.1 Å². The number of rotatable bonds is 3. The van der Waals surface area contributed by atoms with Crippen molar-refractivity contribution in [2.45, 2.75) is 13.3 Å². The van der Waals surface area contributed by atoms with E-state index in [4.69, 9.17) is 0 Å². The van der Waals surface area contributed by atoms with Gasteiger partial charge in [0.15, 0.2) is 0 Å². The van der Waals surface area contributed by atoms with Crippen molar-refractivity contribution in [3.63, 3.8) is 0 Å². The smallest absolute Gasteiger partial charge is 0.0403 e. The zero-order chi connectivity index (χ0) is 10.5. The van der Waals surface area contributed by atoms with Crippen LogP contribution in [0.5, 0.6) is 0 Å². The van der Waals surface area contributed by atoms with Gasteiger partial charge in [0.1, 0.15) is 0 Å². The van der Waals surface area contributed by atoms with Crippen LogP contribution in [0.3, 0.4) is 0 Å². The van der Waals surface area contributed by atoms with Crippen molar-refractivity contribution in [2.24, 2.45) is 0 Å². The molecular formula is C12H17N3. The van der Waals surface area contributed by atoms with Crippen molar-refractivity contribution in [3.05, 3.63) is 35.7 Å². The van der Waals surface area contributed by atoms with Crippen molar-refractivity contribution >= 4 is 5.69 Å². The molecule has 0 fully saturated rings. The Kier molecular flexibility index (Phi) is 3.35. The standard InChI is InChI=1S/C12H17N3/c1-10-8-14-7-4-12(10)15-9-11-2-5-13-6-3-11/h2,4,7-8,13H,3,5-6,9H2,1H3,(H,14,15). The second-order valence-electron chi connectivity index (χ2n) is 3.86. The van der Waals surface area contributed by atoms with Crippen LogP contribution in [0.2, 0.25) is 0 Å². The minimum atomic E-state index is 0.951. The second-order valence-corrected chi connectivity index (χ2v) is 3.86. The molecule has 15 heavy (non-hydrogen) atoms. The highest BCUT2D eigenvalue weighted by atomic mass is 14.9. The Bertz CT molecular complexity index is 358. The van der Waals surface area contributed by atoms with E-state index in [1.54, 1.807) is 0 Å². The first-order chi connectivity index (χ1) is 7.36. The molecule has 80 valence electrons. The molecule has 0 saturated carbocycles. The zero-order valence-corrected chi connectivity index (χ0v) is 9.09. The molecule has 3 nitrogen and oxygen atoms in total. The average molecular weight is 203 g/mol. The fraction of sp³-hybridized carbons (Fsp3) is 0.417. The molecule has 0 spiro atoms. The van der Waals surface area contributed by atoms with Gasteiger partial charge < -0.3 is 10.6 Å². The summed E-state index contributed by atoms with van der Waals surface area (Å²) in [6.07, 6.45) is 7.13. The highest BCUT2D eigenvalue weighted by molar-refractivity contribution is 5.49. The summed E-state index contributed by atoms with van der Waals surface area (Å²) in [4.78, 5) is 4.08. The van der Waals surface area contributed by atoms with Gasteiger partial charge >= 0.3 is 0 Å². The number of pyridine rings is 1. The zero-order valence-electron chi connectivity index (χ0n) is 9.09. The van der Waals surface area contributed by atoms with Crippen LogP contribution in [-0.4, -0.2) is 24.6 Å². The van der Waals surface area contributed by atoms with Gasteiger partial charge in [-0.1, -0.05) is 11.6 Å². The Balaban J connectivity index is 1.93. The number of nitrogens with one attached hydrogen (secondary N) is 2. The Labute approximate surface area is 90.6 Å². The van der Waals surface area contributed by atoms with E-state index < -0.39 is 0 Å². The lowest BCUT2D eigenvalue weighted by Gasteiger charge is -2.15. The molecule has 0 saturated heterocycles. The fourth-order valence-electron chi connectivity index (χ4n) is 1.71. The quantitative estimate of drug-likeness (QED) is 0.734. The van der Waals surface area contributed by atoms with Crippen LogP contribution in [0.1, 0.15) is 12.0 Å². The lowest BCUT2D eigenvalue weighted by molar-refractivity contribution is 0.698. The summed E-state index contributed by atoms with van der Waals surface area (Å²) in [5, 5.41) is 6.76. The van der Waals surface area contributed by atoms with E-state index in [9.17, 15) is 0 Å². The molecule has 0 aliphatic carbocycles. The molecule has 0 aromatic carbocycles. The normalized spacial score (nSPS) is 15.9. The molecule has 1 aliphatic heterocycles. The topological polar surface area (TPSA) is 37.0 Å². The number of aromatic nitrogens is 1. The van der Waals surface area contributed by atoms with E-state index in [-0.39, 0.29) is 0 Å². The van der Waals surface area contributed by atoms with E-state index in [0.29, 0.717) is 0 Å². The predicted octanol–water partition coefficient (Wildman–Crippen LogP) is 1.72. The van der Waals surface area contributed by atoms with Crippen LogP contribution in [0.25, 0.3) is 0 Å². The molecule has 0 radical (unpaired) electrons. The lowest BCUT2D eigenvalue weighted by Crippen LogP contribution is -2.23. The molecule has 0 amide bonds. The highest BCUT2D eigenvalue weighted by Gasteiger charge is 2.03. The maximum atomic E-state index is 4.08. The van der Waals surface area contributed by atoms with Crippen molar-refractivity contribution in [3.8, 4) is 0 Å². The van der Waals surface area contributed by atoms with Crippen LogP contribution in [-0.2, 0) is 0 Å². The molecule has 2 rings (SSSR count). The SMILES string of the molecule is Cc1cnccc1NCC1=CCNCC1. The summed E-state index contributed by atoms with van der Waals surface area (Å²) < 4.78 is 0. The molecule has 0 bridgehead atoms. The van der Waals surface area contributed by atoms with Gasteiger partial charge in [0.2, 0.25) is 0 Å². The van der Waals surface area contributed by atoms with E-state index >= 15 is 0 Å². The molecule has 1 aliphatic rings. The third kappa shape index (κ3) is 2.80. The maximum Gasteiger partial charge on any atom is 0.0403 e. The lowest BCUT2D eigenvalue weighted by atomic mass is 10.1. The molecule has 2 N–H and O–H groups in total. The van der Waals surface area contributed by atoms with E-state index in [1.807, 2.05) is 18.5 Å². The minimum absolute atomic E-state index is 0.951. The summed E-state index contributed by atoms with van der Waals surface area (Å²) in [6.45, 7) is 5.13.